The van der Waals surface area contributed by atoms with Gasteiger partial charge in [0.1, 0.15) is 30.4 Å². The number of hydrogen-bond donors (Lipinski definition) is 2. The topological polar surface area (TPSA) is 158 Å². The first-order chi connectivity index (χ1) is 32.3. The van der Waals surface area contributed by atoms with Crippen LogP contribution in [0.25, 0.3) is 22.0 Å². The number of sulfone groups is 1. The number of anilines is 1. The highest BCUT2D eigenvalue weighted by Gasteiger charge is 2.68. The van der Waals surface area contributed by atoms with Gasteiger partial charge >= 0.3 is 12.4 Å². The molecule has 5 aromatic rings. The van der Waals surface area contributed by atoms with Crippen LogP contribution in [0.3, 0.4) is 0 Å². The van der Waals surface area contributed by atoms with E-state index in [2.05, 4.69) is 20.2 Å². The van der Waals surface area contributed by atoms with Gasteiger partial charge < -0.3 is 5.32 Å². The smallest absolute Gasteiger partial charge is 0.346 e. The number of carbonyl (C=O) groups excluding carboxylic acids is 1. The first-order valence-electron chi connectivity index (χ1n) is 22.1. The lowest BCUT2D eigenvalue weighted by molar-refractivity contribution is -0.142. The van der Waals surface area contributed by atoms with Gasteiger partial charge in [0.15, 0.2) is 21.3 Å². The van der Waals surface area contributed by atoms with Crippen molar-refractivity contribution in [3.05, 3.63) is 93.0 Å². The van der Waals surface area contributed by atoms with Crippen LogP contribution in [0, 0.1) is 17.6 Å². The van der Waals surface area contributed by atoms with Crippen molar-refractivity contribution in [2.45, 2.75) is 137 Å². The second-order valence-corrected chi connectivity index (χ2v) is 25.6. The van der Waals surface area contributed by atoms with Gasteiger partial charge in [-0.05, 0) is 115 Å². The summed E-state index contributed by atoms with van der Waals surface area (Å²) in [6, 6.07) is 5.95. The molecule has 1 unspecified atom stereocenters. The van der Waals surface area contributed by atoms with Gasteiger partial charge in [-0.3, -0.25) is 23.9 Å². The summed E-state index contributed by atoms with van der Waals surface area (Å²) in [6.45, 7) is 3.11. The SMILES string of the molecule is CC1(S(=O)(=O)Nc2nn(CC(F)(F)F)c3c(-c4ccc(CCC(C)(C)S(=O)(=O)C5(C)CC5)nc4[C@H](Cc4cc(F)cc(F)c4)NC(=O)Cn4nc(C(F)(F)F)c5c4C(F)(F)C4C[C@H]54)ccc(Cl)c23)CC1. The van der Waals surface area contributed by atoms with E-state index in [1.807, 2.05) is 0 Å². The van der Waals surface area contributed by atoms with E-state index in [0.717, 1.165) is 12.1 Å². The van der Waals surface area contributed by atoms with Crippen LogP contribution in [0.15, 0.2) is 42.5 Å². The first-order valence-corrected chi connectivity index (χ1v) is 25.4. The molecule has 4 aliphatic rings. The van der Waals surface area contributed by atoms with Crippen molar-refractivity contribution >= 4 is 54.1 Å². The van der Waals surface area contributed by atoms with E-state index in [-0.39, 0.29) is 75.3 Å². The summed E-state index contributed by atoms with van der Waals surface area (Å²) < 4.78 is 201. The lowest BCUT2D eigenvalue weighted by atomic mass is 9.93. The zero-order valence-electron chi connectivity index (χ0n) is 37.6. The molecule has 0 spiro atoms. The number of alkyl halides is 8. The zero-order chi connectivity index (χ0) is 51.1. The Hall–Kier alpha value is -4.97. The van der Waals surface area contributed by atoms with Gasteiger partial charge in [-0.25, -0.2) is 25.6 Å². The number of carbonyl (C=O) groups is 1. The Morgan fingerprint density at radius 2 is 1.51 bits per heavy atom. The van der Waals surface area contributed by atoms with E-state index >= 15 is 8.78 Å². The number of rotatable bonds is 16. The van der Waals surface area contributed by atoms with Gasteiger partial charge in [0.2, 0.25) is 15.9 Å². The van der Waals surface area contributed by atoms with Gasteiger partial charge in [0, 0.05) is 34.4 Å². The molecule has 3 atom stereocenters. The molecule has 3 saturated carbocycles. The lowest BCUT2D eigenvalue weighted by Gasteiger charge is -2.29. The fourth-order valence-corrected chi connectivity index (χ4v) is 13.4. The normalized spacial score (nSPS) is 20.5. The van der Waals surface area contributed by atoms with E-state index < -0.39 is 136 Å². The van der Waals surface area contributed by atoms with Gasteiger partial charge in [-0.15, -0.1) is 0 Å². The number of fused-ring (bicyclic) bond motifs is 4. The molecule has 0 saturated heterocycles. The summed E-state index contributed by atoms with van der Waals surface area (Å²) in [7, 11) is -8.01. The van der Waals surface area contributed by atoms with Crippen molar-refractivity contribution in [3.8, 4) is 11.1 Å². The van der Waals surface area contributed by atoms with Crippen LogP contribution < -0.4 is 10.0 Å². The van der Waals surface area contributed by atoms with Gasteiger partial charge in [-0.2, -0.15) is 45.3 Å². The molecule has 378 valence electrons. The summed E-state index contributed by atoms with van der Waals surface area (Å²) in [5.74, 6) is -10.3. The zero-order valence-corrected chi connectivity index (χ0v) is 40.0. The number of benzene rings is 2. The molecule has 0 bridgehead atoms. The summed E-state index contributed by atoms with van der Waals surface area (Å²) in [5, 5.41) is 9.47. The molecule has 3 heterocycles. The Bertz CT molecular complexity index is 3200. The number of pyridine rings is 1. The van der Waals surface area contributed by atoms with Crippen LogP contribution in [0.5, 0.6) is 0 Å². The Morgan fingerprint density at radius 3 is 2.11 bits per heavy atom. The third-order valence-electron chi connectivity index (χ3n) is 14.1. The summed E-state index contributed by atoms with van der Waals surface area (Å²) >= 11 is 6.64. The predicted molar refractivity (Wildman–Crippen MR) is 236 cm³/mol. The molecule has 0 aliphatic heterocycles. The van der Waals surface area contributed by atoms with E-state index in [1.165, 1.54) is 45.0 Å². The average molecular weight is 1050 g/mol. The van der Waals surface area contributed by atoms with Crippen LogP contribution >= 0.6 is 11.6 Å². The molecule has 4 aliphatic carbocycles. The number of aryl methyl sites for hydroxylation is 1. The molecule has 25 heteroatoms. The second kappa shape index (κ2) is 16.3. The minimum Gasteiger partial charge on any atom is -0.346 e. The van der Waals surface area contributed by atoms with Gasteiger partial charge in [0.25, 0.3) is 5.92 Å². The minimum atomic E-state index is -5.18. The van der Waals surface area contributed by atoms with Crippen LogP contribution in [-0.4, -0.2) is 67.7 Å². The highest BCUT2D eigenvalue weighted by atomic mass is 35.5. The maximum Gasteiger partial charge on any atom is 0.435 e. The van der Waals surface area contributed by atoms with Crippen molar-refractivity contribution in [2.75, 3.05) is 4.72 Å². The Morgan fingerprint density at radius 1 is 0.886 bits per heavy atom. The van der Waals surface area contributed by atoms with Crippen LogP contribution in [-0.2, 0) is 62.7 Å². The minimum absolute atomic E-state index is 0.0308. The average Bonchev–Trinajstić information content (AvgIpc) is 4.19. The quantitative estimate of drug-likeness (QED) is 0.0925. The first kappa shape index (κ1) is 50.0. The second-order valence-electron chi connectivity index (χ2n) is 19.9. The number of aromatic nitrogens is 5. The largest absolute Gasteiger partial charge is 0.435 e. The maximum atomic E-state index is 15.6. The molecule has 0 radical (unpaired) electrons. The molecule has 3 fully saturated rings. The number of nitrogens with one attached hydrogen (secondary N) is 2. The van der Waals surface area contributed by atoms with Crippen molar-refractivity contribution < 1.29 is 65.5 Å². The molecular formula is C45H44ClF10N7O5S2. The van der Waals surface area contributed by atoms with Crippen LogP contribution in [0.1, 0.15) is 112 Å². The monoisotopic (exact) mass is 1050 g/mol. The van der Waals surface area contributed by atoms with Crippen molar-refractivity contribution in [1.82, 2.24) is 29.9 Å². The molecular weight excluding hydrogens is 1010 g/mol. The predicted octanol–water partition coefficient (Wildman–Crippen LogP) is 10.1. The van der Waals surface area contributed by atoms with Gasteiger partial charge in [-0.1, -0.05) is 23.7 Å². The molecule has 1 amide bonds. The molecule has 2 N–H and O–H groups in total. The number of nitrogens with zero attached hydrogens (tertiary/aromatic N) is 5. The summed E-state index contributed by atoms with van der Waals surface area (Å²) in [4.78, 5) is 19.0. The molecule has 2 aromatic carbocycles. The third kappa shape index (κ3) is 8.80. The summed E-state index contributed by atoms with van der Waals surface area (Å²) in [5.41, 5.74) is -4.32. The molecule has 70 heavy (non-hydrogen) atoms. The number of halogens is 11. The fourth-order valence-electron chi connectivity index (χ4n) is 9.52. The maximum absolute atomic E-state index is 15.6. The Balaban J connectivity index is 1.21. The number of sulfonamides is 1. The molecule has 3 aromatic heterocycles. The Labute approximate surface area is 399 Å². The van der Waals surface area contributed by atoms with E-state index in [0.29, 0.717) is 23.6 Å². The number of hydrogen-bond acceptors (Lipinski definition) is 8. The summed E-state index contributed by atoms with van der Waals surface area (Å²) in [6.07, 6.45) is -9.70. The van der Waals surface area contributed by atoms with E-state index in [1.54, 1.807) is 6.92 Å². The van der Waals surface area contributed by atoms with Crippen molar-refractivity contribution in [2.24, 2.45) is 5.92 Å². The highest BCUT2D eigenvalue weighted by molar-refractivity contribution is 7.94. The van der Waals surface area contributed by atoms with Crippen LogP contribution in [0.2, 0.25) is 5.02 Å². The van der Waals surface area contributed by atoms with Crippen molar-refractivity contribution in [3.63, 3.8) is 0 Å². The standard InChI is InChI=1S/C45H44ClF10N7O5S2/c1-40(2,69(65,66)41(3)11-12-41)10-9-25-5-6-26(27-7-8-30(46)34-36(27)63(21-43(49,50)51)60-39(34)61-70(67,68)42(4)13-14-42)35(57-25)31(17-22-15-23(47)18-24(48)16-22)58-32(64)20-62-38-33(37(59-62)45(54,55)56)28-19-29(28)44(38,52)53/h5-8,15-16,18,28-29,31H,9-14,17,19-21H2,1-4H3,(H,58,64)(H,60,61)/t28-,29?,31-/m0/s1. The van der Waals surface area contributed by atoms with Crippen LogP contribution in [0.4, 0.5) is 49.7 Å². The van der Waals surface area contributed by atoms with Gasteiger partial charge in [0.05, 0.1) is 41.9 Å². The third-order valence-corrected chi connectivity index (χ3v) is 20.0. The Kier molecular flexibility index (Phi) is 11.6. The fraction of sp³-hybridized carbons (Fsp3) is 0.511. The van der Waals surface area contributed by atoms with Crippen molar-refractivity contribution in [1.29, 1.82) is 0 Å². The lowest BCUT2D eigenvalue weighted by Crippen LogP contribution is -2.40. The highest BCUT2D eigenvalue weighted by Crippen LogP contribution is 2.68. The molecule has 9 rings (SSSR count). The molecule has 12 nitrogen and oxygen atoms in total. The number of amides is 1. The van der Waals surface area contributed by atoms with E-state index in [4.69, 9.17) is 16.6 Å². The van der Waals surface area contributed by atoms with E-state index in [9.17, 15) is 56.8 Å².